The summed E-state index contributed by atoms with van der Waals surface area (Å²) in [6.45, 7) is -0.987. The second-order valence-corrected chi connectivity index (χ2v) is 6.78. The standard InChI is InChI=1S/C14H25NO10/c16-2-4-8(18)11(21)7-9(19)5(1-15(4)7)24-14-13(23)12(22)10(20)6(3-17)25-14/h4-14,16-23H,1-3H2/t4-,5-,6+,7+,8+,9+,10+,11+,12-,13+,14?/m0/s1. The molecule has 11 heteroatoms. The third-order valence-corrected chi connectivity index (χ3v) is 5.37. The van der Waals surface area contributed by atoms with Crippen LogP contribution in [0.15, 0.2) is 0 Å². The van der Waals surface area contributed by atoms with Crippen molar-refractivity contribution in [3.05, 3.63) is 0 Å². The summed E-state index contributed by atoms with van der Waals surface area (Å²) in [5.74, 6) is 0. The molecule has 25 heavy (non-hydrogen) atoms. The van der Waals surface area contributed by atoms with E-state index in [4.69, 9.17) is 9.47 Å². The van der Waals surface area contributed by atoms with Crippen LogP contribution in [0.3, 0.4) is 0 Å². The van der Waals surface area contributed by atoms with Crippen LogP contribution in [0.5, 0.6) is 0 Å². The van der Waals surface area contributed by atoms with Crippen LogP contribution in [0, 0.1) is 0 Å². The van der Waals surface area contributed by atoms with Gasteiger partial charge in [0.1, 0.15) is 30.5 Å². The van der Waals surface area contributed by atoms with Gasteiger partial charge in [0.15, 0.2) is 6.29 Å². The van der Waals surface area contributed by atoms with Crippen molar-refractivity contribution in [3.8, 4) is 0 Å². The zero-order valence-electron chi connectivity index (χ0n) is 13.3. The Kier molecular flexibility index (Phi) is 5.63. The third kappa shape index (κ3) is 3.09. The van der Waals surface area contributed by atoms with E-state index in [0.29, 0.717) is 0 Å². The average Bonchev–Trinajstić information content (AvgIpc) is 3.03. The van der Waals surface area contributed by atoms with Gasteiger partial charge in [-0.25, -0.2) is 0 Å². The Balaban J connectivity index is 1.70. The number of rotatable bonds is 4. The topological polar surface area (TPSA) is 184 Å². The van der Waals surface area contributed by atoms with Gasteiger partial charge in [-0.15, -0.1) is 0 Å². The number of aliphatic hydroxyl groups is 8. The van der Waals surface area contributed by atoms with Crippen LogP contribution >= 0.6 is 0 Å². The van der Waals surface area contributed by atoms with E-state index < -0.39 is 80.4 Å². The average molecular weight is 367 g/mol. The fraction of sp³-hybridized carbons (Fsp3) is 1.00. The van der Waals surface area contributed by atoms with Gasteiger partial charge in [0.05, 0.1) is 43.6 Å². The number of aliphatic hydroxyl groups excluding tert-OH is 8. The molecule has 3 fully saturated rings. The quantitative estimate of drug-likeness (QED) is 0.237. The van der Waals surface area contributed by atoms with Crippen LogP contribution in [0.1, 0.15) is 0 Å². The van der Waals surface area contributed by atoms with Crippen molar-refractivity contribution in [3.63, 3.8) is 0 Å². The number of ether oxygens (including phenoxy) is 2. The Morgan fingerprint density at radius 3 is 2.08 bits per heavy atom. The molecule has 0 saturated carbocycles. The van der Waals surface area contributed by atoms with Crippen molar-refractivity contribution in [2.24, 2.45) is 0 Å². The number of fused-ring (bicyclic) bond motifs is 1. The van der Waals surface area contributed by atoms with Crippen molar-refractivity contribution in [1.82, 2.24) is 4.90 Å². The van der Waals surface area contributed by atoms with Gasteiger partial charge in [0, 0.05) is 6.54 Å². The smallest absolute Gasteiger partial charge is 0.187 e. The van der Waals surface area contributed by atoms with Crippen molar-refractivity contribution >= 4 is 0 Å². The second kappa shape index (κ2) is 7.29. The van der Waals surface area contributed by atoms with Crippen LogP contribution in [-0.4, -0.2) is 133 Å². The van der Waals surface area contributed by atoms with Gasteiger partial charge in [-0.3, -0.25) is 4.90 Å². The molecule has 146 valence electrons. The van der Waals surface area contributed by atoms with E-state index in [-0.39, 0.29) is 6.54 Å². The molecule has 0 radical (unpaired) electrons. The second-order valence-electron chi connectivity index (χ2n) is 6.78. The summed E-state index contributed by atoms with van der Waals surface area (Å²) in [5.41, 5.74) is 0. The SMILES string of the molecule is OC[C@H]1OC(O[C@H]2CN3[C@@H]([C@@H](O)[C@H](O)[C@@H]3CO)[C@@H]2O)[C@H](O)[C@@H](O)[C@@H]1O. The highest BCUT2D eigenvalue weighted by atomic mass is 16.7. The first-order valence-electron chi connectivity index (χ1n) is 8.18. The molecular formula is C14H25NO10. The molecule has 3 saturated heterocycles. The minimum atomic E-state index is -1.61. The highest BCUT2D eigenvalue weighted by Crippen LogP contribution is 2.36. The molecule has 0 aromatic carbocycles. The third-order valence-electron chi connectivity index (χ3n) is 5.37. The highest BCUT2D eigenvalue weighted by Gasteiger charge is 2.58. The molecule has 11 nitrogen and oxygen atoms in total. The summed E-state index contributed by atoms with van der Waals surface area (Å²) in [4.78, 5) is 1.52. The zero-order valence-corrected chi connectivity index (χ0v) is 13.3. The molecule has 0 amide bonds. The van der Waals surface area contributed by atoms with Gasteiger partial charge in [-0.1, -0.05) is 0 Å². The van der Waals surface area contributed by atoms with Gasteiger partial charge in [0.25, 0.3) is 0 Å². The predicted octanol–water partition coefficient (Wildman–Crippen LogP) is -5.69. The maximum atomic E-state index is 10.4. The molecule has 0 aromatic heterocycles. The largest absolute Gasteiger partial charge is 0.395 e. The van der Waals surface area contributed by atoms with Crippen molar-refractivity contribution in [2.75, 3.05) is 19.8 Å². The molecule has 3 aliphatic rings. The molecule has 8 N–H and O–H groups in total. The fourth-order valence-electron chi connectivity index (χ4n) is 3.92. The molecule has 0 bridgehead atoms. The molecule has 3 rings (SSSR count). The lowest BCUT2D eigenvalue weighted by atomic mass is 9.99. The van der Waals surface area contributed by atoms with E-state index in [1.807, 2.05) is 0 Å². The molecular weight excluding hydrogens is 342 g/mol. The van der Waals surface area contributed by atoms with Crippen LogP contribution in [0.25, 0.3) is 0 Å². The summed E-state index contributed by atoms with van der Waals surface area (Å²) in [6.07, 6.45) is -12.0. The van der Waals surface area contributed by atoms with Crippen molar-refractivity contribution in [2.45, 2.75) is 67.2 Å². The summed E-state index contributed by atoms with van der Waals surface area (Å²) in [6, 6.07) is -1.62. The molecule has 0 aliphatic carbocycles. The van der Waals surface area contributed by atoms with E-state index in [0.717, 1.165) is 0 Å². The van der Waals surface area contributed by atoms with Gasteiger partial charge < -0.3 is 50.3 Å². The molecule has 3 heterocycles. The Hall–Kier alpha value is -0.440. The summed E-state index contributed by atoms with van der Waals surface area (Å²) < 4.78 is 10.8. The van der Waals surface area contributed by atoms with Crippen molar-refractivity contribution in [1.29, 1.82) is 0 Å². The van der Waals surface area contributed by atoms with Gasteiger partial charge in [-0.2, -0.15) is 0 Å². The first kappa shape index (κ1) is 19.3. The van der Waals surface area contributed by atoms with Crippen LogP contribution in [0.2, 0.25) is 0 Å². The number of hydrogen-bond acceptors (Lipinski definition) is 11. The minimum Gasteiger partial charge on any atom is -0.395 e. The van der Waals surface area contributed by atoms with E-state index in [2.05, 4.69) is 0 Å². The Bertz CT molecular complexity index is 467. The lowest BCUT2D eigenvalue weighted by Gasteiger charge is -2.40. The Morgan fingerprint density at radius 2 is 1.48 bits per heavy atom. The first-order valence-corrected chi connectivity index (χ1v) is 8.18. The molecule has 11 atom stereocenters. The summed E-state index contributed by atoms with van der Waals surface area (Å²) in [5, 5.41) is 78.5. The van der Waals surface area contributed by atoms with Crippen LogP contribution in [-0.2, 0) is 9.47 Å². The molecule has 3 aliphatic heterocycles. The van der Waals surface area contributed by atoms with Gasteiger partial charge >= 0.3 is 0 Å². The first-order chi connectivity index (χ1) is 11.8. The van der Waals surface area contributed by atoms with Gasteiger partial charge in [0.2, 0.25) is 0 Å². The van der Waals surface area contributed by atoms with Crippen LogP contribution in [0.4, 0.5) is 0 Å². The monoisotopic (exact) mass is 367 g/mol. The van der Waals surface area contributed by atoms with Crippen molar-refractivity contribution < 1.29 is 50.3 Å². The molecule has 0 spiro atoms. The molecule has 0 aromatic rings. The van der Waals surface area contributed by atoms with E-state index >= 15 is 0 Å². The fourth-order valence-corrected chi connectivity index (χ4v) is 3.92. The highest BCUT2D eigenvalue weighted by molar-refractivity contribution is 5.10. The zero-order chi connectivity index (χ0) is 18.5. The van der Waals surface area contributed by atoms with E-state index in [9.17, 15) is 40.9 Å². The maximum absolute atomic E-state index is 10.4. The predicted molar refractivity (Wildman–Crippen MR) is 78.0 cm³/mol. The Morgan fingerprint density at radius 1 is 0.800 bits per heavy atom. The van der Waals surface area contributed by atoms with E-state index in [1.54, 1.807) is 0 Å². The minimum absolute atomic E-state index is 0.0419. The number of hydrogen-bond donors (Lipinski definition) is 8. The summed E-state index contributed by atoms with van der Waals surface area (Å²) >= 11 is 0. The van der Waals surface area contributed by atoms with Gasteiger partial charge in [-0.05, 0) is 0 Å². The Labute approximate surface area is 143 Å². The lowest BCUT2D eigenvalue weighted by molar-refractivity contribution is -0.314. The van der Waals surface area contributed by atoms with Crippen LogP contribution < -0.4 is 0 Å². The number of nitrogens with zero attached hydrogens (tertiary/aromatic N) is 1. The summed E-state index contributed by atoms with van der Waals surface area (Å²) in [7, 11) is 0. The van der Waals surface area contributed by atoms with E-state index in [1.165, 1.54) is 4.90 Å². The normalized spacial score (nSPS) is 54.0. The molecule has 1 unspecified atom stereocenters. The lowest BCUT2D eigenvalue weighted by Crippen LogP contribution is -2.60. The maximum Gasteiger partial charge on any atom is 0.187 e.